The van der Waals surface area contributed by atoms with E-state index < -0.39 is 0 Å². The first kappa shape index (κ1) is 7.13. The summed E-state index contributed by atoms with van der Waals surface area (Å²) >= 11 is 3.39. The molecular weight excluding hydrogens is 206 g/mol. The molecule has 0 radical (unpaired) electrons. The molecule has 1 aromatic carbocycles. The Morgan fingerprint density at radius 1 is 1.55 bits per heavy atom. The average Bonchev–Trinajstić information content (AvgIpc) is 2.35. The Hall–Kier alpha value is -0.540. The fraction of sp³-hybridized carbons (Fsp3) is 0.250. The minimum absolute atomic E-state index is 0.0440. The third kappa shape index (κ3) is 1.04. The van der Waals surface area contributed by atoms with Crippen molar-refractivity contribution >= 4 is 15.9 Å². The number of hydrogen-bond acceptors (Lipinski definition) is 2. The molecule has 1 aliphatic heterocycles. The lowest BCUT2D eigenvalue weighted by molar-refractivity contribution is 0.331. The van der Waals surface area contributed by atoms with Crippen LogP contribution in [-0.2, 0) is 0 Å². The predicted octanol–water partition coefficient (Wildman–Crippen LogP) is 1.84. The Bertz CT molecular complexity index is 287. The molecule has 0 bridgehead atoms. The third-order valence-corrected chi connectivity index (χ3v) is 2.43. The number of rotatable bonds is 0. The molecule has 58 valence electrons. The van der Waals surface area contributed by atoms with E-state index in [1.165, 1.54) is 0 Å². The highest BCUT2D eigenvalue weighted by molar-refractivity contribution is 9.10. The second kappa shape index (κ2) is 2.50. The van der Waals surface area contributed by atoms with Crippen molar-refractivity contribution in [2.75, 3.05) is 6.61 Å². The van der Waals surface area contributed by atoms with Gasteiger partial charge in [0.1, 0.15) is 12.4 Å². The van der Waals surface area contributed by atoms with E-state index in [9.17, 15) is 0 Å². The Kier molecular flexibility index (Phi) is 1.62. The van der Waals surface area contributed by atoms with Gasteiger partial charge in [0, 0.05) is 5.56 Å². The van der Waals surface area contributed by atoms with Gasteiger partial charge in [-0.3, -0.25) is 0 Å². The quantitative estimate of drug-likeness (QED) is 0.715. The van der Waals surface area contributed by atoms with Crippen LogP contribution in [0.25, 0.3) is 0 Å². The lowest BCUT2D eigenvalue weighted by atomic mass is 10.1. The summed E-state index contributed by atoms with van der Waals surface area (Å²) in [6.45, 7) is 0.595. The highest BCUT2D eigenvalue weighted by Gasteiger charge is 2.21. The van der Waals surface area contributed by atoms with Crippen LogP contribution >= 0.6 is 15.9 Å². The maximum Gasteiger partial charge on any atom is 0.138 e. The van der Waals surface area contributed by atoms with Gasteiger partial charge in [-0.1, -0.05) is 12.1 Å². The van der Waals surface area contributed by atoms with E-state index in [1.54, 1.807) is 0 Å². The monoisotopic (exact) mass is 213 g/mol. The standard InChI is InChI=1S/C8H8BrNO/c9-6-3-1-2-5-7(10)4-11-8(5)6/h1-3,7H,4,10H2/t7-/m1/s1. The smallest absolute Gasteiger partial charge is 0.138 e. The van der Waals surface area contributed by atoms with Gasteiger partial charge >= 0.3 is 0 Å². The number of hydrogen-bond donors (Lipinski definition) is 1. The minimum atomic E-state index is 0.0440. The van der Waals surface area contributed by atoms with Crippen LogP contribution in [0.3, 0.4) is 0 Å². The molecule has 0 aromatic heterocycles. The molecule has 1 aromatic rings. The minimum Gasteiger partial charge on any atom is -0.490 e. The van der Waals surface area contributed by atoms with Gasteiger partial charge in [-0.15, -0.1) is 0 Å². The molecule has 11 heavy (non-hydrogen) atoms. The van der Waals surface area contributed by atoms with E-state index in [-0.39, 0.29) is 6.04 Å². The van der Waals surface area contributed by atoms with E-state index in [1.807, 2.05) is 18.2 Å². The van der Waals surface area contributed by atoms with E-state index in [0.717, 1.165) is 15.8 Å². The second-order valence-electron chi connectivity index (χ2n) is 2.58. The zero-order chi connectivity index (χ0) is 7.84. The molecule has 2 rings (SSSR count). The SMILES string of the molecule is N[C@@H]1COc2c(Br)cccc21. The van der Waals surface area contributed by atoms with Gasteiger partial charge < -0.3 is 10.5 Å². The Labute approximate surface area is 73.5 Å². The Balaban J connectivity index is 2.57. The molecule has 0 fully saturated rings. The fourth-order valence-electron chi connectivity index (χ4n) is 1.23. The van der Waals surface area contributed by atoms with Gasteiger partial charge in [0.2, 0.25) is 0 Å². The van der Waals surface area contributed by atoms with Gasteiger partial charge in [0.15, 0.2) is 0 Å². The van der Waals surface area contributed by atoms with Crippen molar-refractivity contribution in [2.45, 2.75) is 6.04 Å². The van der Waals surface area contributed by atoms with Crippen molar-refractivity contribution in [1.29, 1.82) is 0 Å². The lowest BCUT2D eigenvalue weighted by Gasteiger charge is -2.00. The van der Waals surface area contributed by atoms with Crippen LogP contribution in [0.5, 0.6) is 5.75 Å². The summed E-state index contributed by atoms with van der Waals surface area (Å²) in [6, 6.07) is 5.97. The van der Waals surface area contributed by atoms with Crippen molar-refractivity contribution in [2.24, 2.45) is 5.73 Å². The second-order valence-corrected chi connectivity index (χ2v) is 3.43. The molecule has 3 heteroatoms. The molecule has 0 saturated carbocycles. The molecule has 0 spiro atoms. The first-order valence-corrected chi connectivity index (χ1v) is 4.25. The van der Waals surface area contributed by atoms with E-state index in [2.05, 4.69) is 15.9 Å². The highest BCUT2D eigenvalue weighted by Crippen LogP contribution is 2.36. The van der Waals surface area contributed by atoms with Crippen LogP contribution in [0.2, 0.25) is 0 Å². The fourth-order valence-corrected chi connectivity index (χ4v) is 1.73. The summed E-state index contributed by atoms with van der Waals surface area (Å²) in [5, 5.41) is 0. The first-order valence-electron chi connectivity index (χ1n) is 3.46. The largest absolute Gasteiger partial charge is 0.490 e. The Morgan fingerprint density at radius 2 is 2.36 bits per heavy atom. The summed E-state index contributed by atoms with van der Waals surface area (Å²) in [4.78, 5) is 0. The summed E-state index contributed by atoms with van der Waals surface area (Å²) in [7, 11) is 0. The summed E-state index contributed by atoms with van der Waals surface area (Å²) < 4.78 is 6.36. The van der Waals surface area contributed by atoms with E-state index in [4.69, 9.17) is 10.5 Å². The maximum absolute atomic E-state index is 5.77. The van der Waals surface area contributed by atoms with Crippen LogP contribution in [0, 0.1) is 0 Å². The van der Waals surface area contributed by atoms with Crippen LogP contribution in [0.1, 0.15) is 11.6 Å². The number of benzene rings is 1. The van der Waals surface area contributed by atoms with E-state index >= 15 is 0 Å². The van der Waals surface area contributed by atoms with Crippen molar-refractivity contribution in [3.63, 3.8) is 0 Å². The molecule has 1 aliphatic rings. The van der Waals surface area contributed by atoms with Crippen molar-refractivity contribution < 1.29 is 4.74 Å². The first-order chi connectivity index (χ1) is 5.29. The number of halogens is 1. The topological polar surface area (TPSA) is 35.2 Å². The van der Waals surface area contributed by atoms with E-state index in [0.29, 0.717) is 6.61 Å². The van der Waals surface area contributed by atoms with Crippen LogP contribution in [0.4, 0.5) is 0 Å². The average molecular weight is 214 g/mol. The van der Waals surface area contributed by atoms with Crippen molar-refractivity contribution in [3.05, 3.63) is 28.2 Å². The van der Waals surface area contributed by atoms with Gasteiger partial charge in [-0.2, -0.15) is 0 Å². The van der Waals surface area contributed by atoms with Crippen molar-refractivity contribution in [3.8, 4) is 5.75 Å². The molecule has 2 nitrogen and oxygen atoms in total. The van der Waals surface area contributed by atoms with Gasteiger partial charge in [0.05, 0.1) is 10.5 Å². The molecule has 0 aliphatic carbocycles. The summed E-state index contributed by atoms with van der Waals surface area (Å²) in [6.07, 6.45) is 0. The molecular formula is C8H8BrNO. The van der Waals surface area contributed by atoms with Gasteiger partial charge in [-0.05, 0) is 22.0 Å². The molecule has 0 amide bonds. The molecule has 1 atom stereocenters. The third-order valence-electron chi connectivity index (χ3n) is 1.80. The zero-order valence-electron chi connectivity index (χ0n) is 5.88. The van der Waals surface area contributed by atoms with Crippen LogP contribution in [-0.4, -0.2) is 6.61 Å². The van der Waals surface area contributed by atoms with Crippen LogP contribution in [0.15, 0.2) is 22.7 Å². The summed E-state index contributed by atoms with van der Waals surface area (Å²) in [5.74, 6) is 0.903. The molecule has 1 heterocycles. The number of ether oxygens (including phenoxy) is 1. The Morgan fingerprint density at radius 3 is 3.09 bits per heavy atom. The highest BCUT2D eigenvalue weighted by atomic mass is 79.9. The summed E-state index contributed by atoms with van der Waals surface area (Å²) in [5.41, 5.74) is 6.87. The normalized spacial score (nSPS) is 21.1. The maximum atomic E-state index is 5.77. The van der Waals surface area contributed by atoms with Crippen LogP contribution < -0.4 is 10.5 Å². The molecule has 0 saturated heterocycles. The number of para-hydroxylation sites is 1. The zero-order valence-corrected chi connectivity index (χ0v) is 7.47. The number of fused-ring (bicyclic) bond motifs is 1. The predicted molar refractivity (Wildman–Crippen MR) is 46.6 cm³/mol. The van der Waals surface area contributed by atoms with Crippen molar-refractivity contribution in [1.82, 2.24) is 0 Å². The van der Waals surface area contributed by atoms with Gasteiger partial charge in [0.25, 0.3) is 0 Å². The molecule has 2 N–H and O–H groups in total. The molecule has 0 unspecified atom stereocenters. The number of nitrogens with two attached hydrogens (primary N) is 1. The lowest BCUT2D eigenvalue weighted by Crippen LogP contribution is -2.10. The van der Waals surface area contributed by atoms with Gasteiger partial charge in [-0.25, -0.2) is 0 Å².